The summed E-state index contributed by atoms with van der Waals surface area (Å²) >= 11 is 0. The van der Waals surface area contributed by atoms with E-state index < -0.39 is 0 Å². The summed E-state index contributed by atoms with van der Waals surface area (Å²) in [5.74, 6) is 1.73. The topological polar surface area (TPSA) is 56.5 Å². The van der Waals surface area contributed by atoms with Crippen LogP contribution in [0.3, 0.4) is 0 Å². The van der Waals surface area contributed by atoms with Crippen molar-refractivity contribution in [3.05, 3.63) is 23.8 Å². The number of methoxy groups -OCH3 is 2. The van der Waals surface area contributed by atoms with Crippen molar-refractivity contribution in [2.45, 2.75) is 19.3 Å². The number of hydrogen-bond acceptors (Lipinski definition) is 4. The molecule has 0 fully saturated rings. The molecule has 0 aliphatic carbocycles. The molecule has 0 saturated carbocycles. The number of benzene rings is 1. The molecule has 0 spiro atoms. The molecule has 0 aliphatic rings. The van der Waals surface area contributed by atoms with Gasteiger partial charge in [-0.25, -0.2) is 0 Å². The maximum Gasteiger partial charge on any atom is 0.122 e. The van der Waals surface area contributed by atoms with Crippen molar-refractivity contribution >= 4 is 0 Å². The van der Waals surface area contributed by atoms with E-state index in [-0.39, 0.29) is 5.41 Å². The van der Waals surface area contributed by atoms with E-state index >= 15 is 0 Å². The molecule has 102 valence electrons. The van der Waals surface area contributed by atoms with Gasteiger partial charge in [-0.1, -0.05) is 13.8 Å². The van der Waals surface area contributed by atoms with Gasteiger partial charge in [-0.2, -0.15) is 0 Å². The molecule has 0 bridgehead atoms. The summed E-state index contributed by atoms with van der Waals surface area (Å²) in [5.41, 5.74) is 6.58. The third kappa shape index (κ3) is 3.62. The zero-order valence-electron chi connectivity index (χ0n) is 11.7. The second-order valence-corrected chi connectivity index (χ2v) is 4.92. The molecule has 0 unspecified atom stereocenters. The van der Waals surface area contributed by atoms with Gasteiger partial charge in [0.2, 0.25) is 0 Å². The van der Waals surface area contributed by atoms with E-state index in [1.807, 2.05) is 18.2 Å². The molecule has 0 heterocycles. The van der Waals surface area contributed by atoms with E-state index in [0.717, 1.165) is 30.2 Å². The lowest BCUT2D eigenvalue weighted by atomic mass is 9.83. The van der Waals surface area contributed by atoms with Gasteiger partial charge in [-0.3, -0.25) is 0 Å². The molecular formula is C14H24N2O2. The predicted octanol–water partition coefficient (Wildman–Crippen LogP) is 1.53. The average molecular weight is 252 g/mol. The molecule has 1 rings (SSSR count). The zero-order valence-corrected chi connectivity index (χ0v) is 11.7. The summed E-state index contributed by atoms with van der Waals surface area (Å²) in [6.45, 7) is 6.65. The number of ether oxygens (including phenoxy) is 2. The first-order chi connectivity index (χ1) is 8.55. The molecule has 1 aromatic rings. The van der Waals surface area contributed by atoms with Gasteiger partial charge in [0.05, 0.1) is 14.2 Å². The fraction of sp³-hybridized carbons (Fsp3) is 0.571. The highest BCUT2D eigenvalue weighted by Gasteiger charge is 2.24. The zero-order chi connectivity index (χ0) is 13.6. The van der Waals surface area contributed by atoms with E-state index in [1.54, 1.807) is 14.2 Å². The smallest absolute Gasteiger partial charge is 0.122 e. The predicted molar refractivity (Wildman–Crippen MR) is 74.5 cm³/mol. The SMILES string of the molecule is COc1ccc(OC)c(C(C)(C)CNCCN)c1. The lowest BCUT2D eigenvalue weighted by molar-refractivity contribution is 0.378. The van der Waals surface area contributed by atoms with E-state index in [4.69, 9.17) is 15.2 Å². The van der Waals surface area contributed by atoms with Crippen molar-refractivity contribution in [1.82, 2.24) is 5.32 Å². The van der Waals surface area contributed by atoms with Crippen LogP contribution in [0, 0.1) is 0 Å². The van der Waals surface area contributed by atoms with Gasteiger partial charge >= 0.3 is 0 Å². The van der Waals surface area contributed by atoms with Crippen molar-refractivity contribution in [2.24, 2.45) is 5.73 Å². The lowest BCUT2D eigenvalue weighted by Gasteiger charge is -2.28. The van der Waals surface area contributed by atoms with Crippen LogP contribution in [0.5, 0.6) is 11.5 Å². The Labute approximate surface area is 109 Å². The largest absolute Gasteiger partial charge is 0.497 e. The van der Waals surface area contributed by atoms with Gasteiger partial charge < -0.3 is 20.5 Å². The summed E-state index contributed by atoms with van der Waals surface area (Å²) in [6.07, 6.45) is 0. The van der Waals surface area contributed by atoms with Gasteiger partial charge in [0, 0.05) is 30.6 Å². The van der Waals surface area contributed by atoms with E-state index in [1.165, 1.54) is 0 Å². The fourth-order valence-corrected chi connectivity index (χ4v) is 1.94. The van der Waals surface area contributed by atoms with Crippen LogP contribution in [0.1, 0.15) is 19.4 Å². The third-order valence-electron chi connectivity index (χ3n) is 3.02. The molecule has 4 nitrogen and oxygen atoms in total. The molecule has 3 N–H and O–H groups in total. The van der Waals surface area contributed by atoms with Crippen molar-refractivity contribution in [1.29, 1.82) is 0 Å². The maximum atomic E-state index is 5.49. The highest BCUT2D eigenvalue weighted by molar-refractivity contribution is 5.44. The molecule has 18 heavy (non-hydrogen) atoms. The minimum Gasteiger partial charge on any atom is -0.497 e. The number of nitrogens with one attached hydrogen (secondary N) is 1. The van der Waals surface area contributed by atoms with E-state index in [0.29, 0.717) is 6.54 Å². The van der Waals surface area contributed by atoms with Gasteiger partial charge in [0.15, 0.2) is 0 Å². The molecule has 1 aromatic carbocycles. The molecule has 0 radical (unpaired) electrons. The Balaban J connectivity index is 2.96. The molecule has 0 aromatic heterocycles. The van der Waals surface area contributed by atoms with Crippen LogP contribution in [0.4, 0.5) is 0 Å². The first-order valence-corrected chi connectivity index (χ1v) is 6.18. The molecule has 0 atom stereocenters. The highest BCUT2D eigenvalue weighted by Crippen LogP contribution is 2.34. The monoisotopic (exact) mass is 252 g/mol. The minimum absolute atomic E-state index is 0.0466. The minimum atomic E-state index is -0.0466. The Morgan fingerprint density at radius 3 is 2.50 bits per heavy atom. The Kier molecular flexibility index (Phi) is 5.44. The van der Waals surface area contributed by atoms with E-state index in [9.17, 15) is 0 Å². The van der Waals surface area contributed by atoms with Crippen LogP contribution in [0.25, 0.3) is 0 Å². The van der Waals surface area contributed by atoms with Crippen molar-refractivity contribution in [2.75, 3.05) is 33.9 Å². The molecule has 0 saturated heterocycles. The first-order valence-electron chi connectivity index (χ1n) is 6.18. The molecular weight excluding hydrogens is 228 g/mol. The van der Waals surface area contributed by atoms with Gasteiger partial charge in [0.1, 0.15) is 11.5 Å². The standard InChI is InChI=1S/C14H24N2O2/c1-14(2,10-16-8-7-15)12-9-11(17-3)5-6-13(12)18-4/h5-6,9,16H,7-8,10,15H2,1-4H3. The first kappa shape index (κ1) is 14.8. The van der Waals surface area contributed by atoms with Crippen LogP contribution in [-0.4, -0.2) is 33.9 Å². The normalized spacial score (nSPS) is 11.4. The Hall–Kier alpha value is -1.26. The third-order valence-corrected chi connectivity index (χ3v) is 3.02. The molecule has 0 aliphatic heterocycles. The van der Waals surface area contributed by atoms with Crippen molar-refractivity contribution in [3.63, 3.8) is 0 Å². The molecule has 0 amide bonds. The van der Waals surface area contributed by atoms with Crippen LogP contribution in [0.15, 0.2) is 18.2 Å². The summed E-state index contributed by atoms with van der Waals surface area (Å²) in [4.78, 5) is 0. The summed E-state index contributed by atoms with van der Waals surface area (Å²) < 4.78 is 10.7. The van der Waals surface area contributed by atoms with Crippen molar-refractivity contribution < 1.29 is 9.47 Å². The quantitative estimate of drug-likeness (QED) is 0.723. The number of nitrogens with two attached hydrogens (primary N) is 1. The van der Waals surface area contributed by atoms with E-state index in [2.05, 4.69) is 19.2 Å². The summed E-state index contributed by atoms with van der Waals surface area (Å²) in [6, 6.07) is 5.88. The highest BCUT2D eigenvalue weighted by atomic mass is 16.5. The Bertz CT molecular complexity index is 378. The van der Waals surface area contributed by atoms with Crippen LogP contribution in [0.2, 0.25) is 0 Å². The molecule has 4 heteroatoms. The Morgan fingerprint density at radius 1 is 1.22 bits per heavy atom. The van der Waals surface area contributed by atoms with Gasteiger partial charge in [0.25, 0.3) is 0 Å². The maximum absolute atomic E-state index is 5.49. The number of hydrogen-bond donors (Lipinski definition) is 2. The summed E-state index contributed by atoms with van der Waals surface area (Å²) in [7, 11) is 3.36. The van der Waals surface area contributed by atoms with Crippen LogP contribution < -0.4 is 20.5 Å². The van der Waals surface area contributed by atoms with Gasteiger partial charge in [-0.15, -0.1) is 0 Å². The van der Waals surface area contributed by atoms with Gasteiger partial charge in [-0.05, 0) is 18.2 Å². The second-order valence-electron chi connectivity index (χ2n) is 4.92. The van der Waals surface area contributed by atoms with Crippen LogP contribution in [-0.2, 0) is 5.41 Å². The van der Waals surface area contributed by atoms with Crippen molar-refractivity contribution in [3.8, 4) is 11.5 Å². The number of rotatable bonds is 7. The summed E-state index contributed by atoms with van der Waals surface area (Å²) in [5, 5.41) is 3.34. The average Bonchev–Trinajstić information content (AvgIpc) is 2.38. The lowest BCUT2D eigenvalue weighted by Crippen LogP contribution is -2.35. The fourth-order valence-electron chi connectivity index (χ4n) is 1.94. The van der Waals surface area contributed by atoms with Crippen LogP contribution >= 0.6 is 0 Å². The Morgan fingerprint density at radius 2 is 1.94 bits per heavy atom. The second kappa shape index (κ2) is 6.61.